The third-order valence-corrected chi connectivity index (χ3v) is 4.70. The number of benzene rings is 1. The second-order valence-electron chi connectivity index (χ2n) is 6.21. The summed E-state index contributed by atoms with van der Waals surface area (Å²) in [6.45, 7) is 4.00. The number of aromatic nitrogens is 3. The molecule has 0 aliphatic carbocycles. The van der Waals surface area contributed by atoms with Crippen molar-refractivity contribution in [3.05, 3.63) is 88.2 Å². The average molecular weight is 365 g/mol. The van der Waals surface area contributed by atoms with Crippen molar-refractivity contribution in [2.75, 3.05) is 0 Å². The molecule has 1 aromatic carbocycles. The molecular weight excluding hydrogens is 344 g/mol. The van der Waals surface area contributed by atoms with Crippen LogP contribution < -0.4 is 0 Å². The van der Waals surface area contributed by atoms with Gasteiger partial charge in [-0.25, -0.2) is 4.98 Å². The molecule has 0 aliphatic heterocycles. The van der Waals surface area contributed by atoms with Gasteiger partial charge in [-0.3, -0.25) is 10.4 Å². The van der Waals surface area contributed by atoms with Crippen molar-refractivity contribution in [2.24, 2.45) is 7.05 Å². The van der Waals surface area contributed by atoms with Gasteiger partial charge in [0.1, 0.15) is 0 Å². The van der Waals surface area contributed by atoms with E-state index < -0.39 is 0 Å². The van der Waals surface area contributed by atoms with Crippen molar-refractivity contribution in [3.63, 3.8) is 0 Å². The van der Waals surface area contributed by atoms with E-state index in [1.165, 1.54) is 0 Å². The van der Waals surface area contributed by atoms with Gasteiger partial charge in [0, 0.05) is 36.0 Å². The molecule has 0 fully saturated rings. The van der Waals surface area contributed by atoms with Gasteiger partial charge in [-0.1, -0.05) is 29.8 Å². The lowest BCUT2D eigenvalue weighted by molar-refractivity contribution is 0.902. The molecule has 26 heavy (non-hydrogen) atoms. The summed E-state index contributed by atoms with van der Waals surface area (Å²) in [5.41, 5.74) is 6.25. The lowest BCUT2D eigenvalue weighted by atomic mass is 9.91. The Bertz CT molecular complexity index is 985. The van der Waals surface area contributed by atoms with E-state index in [9.17, 15) is 0 Å². The topological polar surface area (TPSA) is 54.6 Å². The summed E-state index contributed by atoms with van der Waals surface area (Å²) in [6, 6.07) is 9.84. The second-order valence-corrected chi connectivity index (χ2v) is 6.65. The number of nitrogens with one attached hydrogen (secondary N) is 1. The molecule has 132 valence electrons. The van der Waals surface area contributed by atoms with Gasteiger partial charge in [-0.15, -0.1) is 0 Å². The molecule has 0 saturated carbocycles. The van der Waals surface area contributed by atoms with E-state index >= 15 is 0 Å². The van der Waals surface area contributed by atoms with Crippen LogP contribution in [-0.4, -0.2) is 20.2 Å². The predicted molar refractivity (Wildman–Crippen MR) is 107 cm³/mol. The van der Waals surface area contributed by atoms with E-state index in [-0.39, 0.29) is 0 Å². The minimum Gasteiger partial charge on any atom is -0.332 e. The van der Waals surface area contributed by atoms with Crippen LogP contribution in [0, 0.1) is 12.3 Å². The number of aryl methyl sites for hydroxylation is 2. The van der Waals surface area contributed by atoms with Crippen LogP contribution in [0.1, 0.15) is 35.0 Å². The van der Waals surface area contributed by atoms with E-state index in [0.29, 0.717) is 17.2 Å². The summed E-state index contributed by atoms with van der Waals surface area (Å²) >= 11 is 6.28. The molecule has 0 unspecified atom stereocenters. The van der Waals surface area contributed by atoms with E-state index in [1.807, 2.05) is 55.1 Å². The van der Waals surface area contributed by atoms with Crippen molar-refractivity contribution in [1.82, 2.24) is 14.5 Å². The number of nitrogens with zero attached hydrogens (tertiary/aromatic N) is 3. The molecule has 0 atom stereocenters. The fraction of sp³-hybridized carbons (Fsp3) is 0.190. The van der Waals surface area contributed by atoms with E-state index in [0.717, 1.165) is 33.7 Å². The number of pyridine rings is 1. The Hall–Kier alpha value is -2.72. The van der Waals surface area contributed by atoms with Gasteiger partial charge in [0.25, 0.3) is 0 Å². The lowest BCUT2D eigenvalue weighted by Gasteiger charge is -2.15. The first-order chi connectivity index (χ1) is 12.5. The predicted octanol–water partition coefficient (Wildman–Crippen LogP) is 4.84. The first-order valence-corrected chi connectivity index (χ1v) is 8.80. The van der Waals surface area contributed by atoms with Gasteiger partial charge >= 0.3 is 0 Å². The maximum atomic E-state index is 8.68. The third-order valence-electron chi connectivity index (χ3n) is 4.47. The van der Waals surface area contributed by atoms with Crippen LogP contribution in [0.4, 0.5) is 0 Å². The first kappa shape index (κ1) is 18.1. The minimum atomic E-state index is 0.425. The Kier molecular flexibility index (Phi) is 5.33. The molecule has 0 bridgehead atoms. The molecular formula is C21H21ClN4. The summed E-state index contributed by atoms with van der Waals surface area (Å²) in [5.74, 6) is 0. The Morgan fingerprint density at radius 1 is 1.31 bits per heavy atom. The molecule has 2 aromatic heterocycles. The van der Waals surface area contributed by atoms with E-state index in [4.69, 9.17) is 17.0 Å². The number of halogens is 1. The molecule has 1 N–H and O–H groups in total. The fourth-order valence-corrected chi connectivity index (χ4v) is 3.18. The highest BCUT2D eigenvalue weighted by Gasteiger charge is 2.17. The highest BCUT2D eigenvalue weighted by atomic mass is 35.5. The summed E-state index contributed by atoms with van der Waals surface area (Å²) < 4.78 is 1.85. The molecule has 0 spiro atoms. The van der Waals surface area contributed by atoms with Gasteiger partial charge in [-0.05, 0) is 48.7 Å². The van der Waals surface area contributed by atoms with E-state index in [1.54, 1.807) is 12.5 Å². The van der Waals surface area contributed by atoms with Crippen LogP contribution in [0.15, 0.2) is 55.1 Å². The standard InChI is InChI=1S/C21H21ClN4/c1-4-17(21(23)20-12-24-13-26(20)3)18-11-16(22)8-7-15(18)10-19-14(2)6-5-9-25-19/h4-9,11-13,23H,10H2,1-3H3/b17-4+,23-21?. The number of rotatable bonds is 5. The highest BCUT2D eigenvalue weighted by molar-refractivity contribution is 6.33. The Morgan fingerprint density at radius 2 is 2.12 bits per heavy atom. The zero-order chi connectivity index (χ0) is 18.7. The van der Waals surface area contributed by atoms with Crippen molar-refractivity contribution < 1.29 is 0 Å². The quantitative estimate of drug-likeness (QED) is 0.658. The smallest absolute Gasteiger partial charge is 0.0948 e. The van der Waals surface area contributed by atoms with Gasteiger partial charge in [0.05, 0.1) is 23.9 Å². The van der Waals surface area contributed by atoms with Crippen LogP contribution in [0.2, 0.25) is 5.02 Å². The van der Waals surface area contributed by atoms with Crippen molar-refractivity contribution in [1.29, 1.82) is 5.41 Å². The molecule has 3 aromatic rings. The Balaban J connectivity index is 2.06. The maximum Gasteiger partial charge on any atom is 0.0948 e. The van der Waals surface area contributed by atoms with Crippen LogP contribution in [-0.2, 0) is 13.5 Å². The fourth-order valence-electron chi connectivity index (χ4n) is 3.01. The summed E-state index contributed by atoms with van der Waals surface area (Å²) in [7, 11) is 1.89. The number of hydrogen-bond donors (Lipinski definition) is 1. The van der Waals surface area contributed by atoms with Crippen LogP contribution >= 0.6 is 11.6 Å². The SMILES string of the molecule is C/C=C(/C(=N)c1cncn1C)c1cc(Cl)ccc1Cc1ncccc1C. The monoisotopic (exact) mass is 364 g/mol. The molecule has 4 nitrogen and oxygen atoms in total. The highest BCUT2D eigenvalue weighted by Crippen LogP contribution is 2.28. The second kappa shape index (κ2) is 7.67. The van der Waals surface area contributed by atoms with Crippen LogP contribution in [0.3, 0.4) is 0 Å². The molecule has 5 heteroatoms. The lowest BCUT2D eigenvalue weighted by Crippen LogP contribution is -2.10. The molecule has 0 aliphatic rings. The number of imidazole rings is 1. The first-order valence-electron chi connectivity index (χ1n) is 8.42. The van der Waals surface area contributed by atoms with E-state index in [2.05, 4.69) is 23.0 Å². The number of hydrogen-bond acceptors (Lipinski definition) is 3. The maximum absolute atomic E-state index is 8.68. The van der Waals surface area contributed by atoms with Crippen molar-refractivity contribution in [3.8, 4) is 0 Å². The van der Waals surface area contributed by atoms with Gasteiger partial charge in [-0.2, -0.15) is 0 Å². The van der Waals surface area contributed by atoms with Crippen LogP contribution in [0.5, 0.6) is 0 Å². The molecule has 0 radical (unpaired) electrons. The molecule has 2 heterocycles. The number of allylic oxidation sites excluding steroid dienone is 2. The normalized spacial score (nSPS) is 11.6. The molecule has 0 amide bonds. The minimum absolute atomic E-state index is 0.425. The third kappa shape index (κ3) is 3.60. The summed E-state index contributed by atoms with van der Waals surface area (Å²) in [4.78, 5) is 8.64. The van der Waals surface area contributed by atoms with Crippen molar-refractivity contribution >= 4 is 22.9 Å². The summed E-state index contributed by atoms with van der Waals surface area (Å²) in [5, 5.41) is 9.33. The zero-order valence-corrected chi connectivity index (χ0v) is 15.9. The van der Waals surface area contributed by atoms with Crippen LogP contribution in [0.25, 0.3) is 5.57 Å². The largest absolute Gasteiger partial charge is 0.332 e. The Labute approximate surface area is 158 Å². The van der Waals surface area contributed by atoms with Crippen molar-refractivity contribution in [2.45, 2.75) is 20.3 Å². The molecule has 0 saturated heterocycles. The van der Waals surface area contributed by atoms with Gasteiger partial charge in [0.2, 0.25) is 0 Å². The zero-order valence-electron chi connectivity index (χ0n) is 15.1. The van der Waals surface area contributed by atoms with Gasteiger partial charge in [0.15, 0.2) is 0 Å². The van der Waals surface area contributed by atoms with Gasteiger partial charge < -0.3 is 4.57 Å². The molecule has 3 rings (SSSR count). The Morgan fingerprint density at radius 3 is 2.77 bits per heavy atom. The summed E-state index contributed by atoms with van der Waals surface area (Å²) in [6.07, 6.45) is 7.86. The average Bonchev–Trinajstić information content (AvgIpc) is 3.05.